The third-order valence-corrected chi connectivity index (χ3v) is 6.49. The lowest BCUT2D eigenvalue weighted by molar-refractivity contribution is 0.262. The van der Waals surface area contributed by atoms with Crippen LogP contribution in [-0.4, -0.2) is 46.5 Å². The van der Waals surface area contributed by atoms with E-state index in [1.165, 1.54) is 7.11 Å². The second-order valence-electron chi connectivity index (χ2n) is 6.35. The van der Waals surface area contributed by atoms with Crippen LogP contribution in [0.1, 0.15) is 30.4 Å². The van der Waals surface area contributed by atoms with E-state index in [0.717, 1.165) is 36.9 Å². The Kier molecular flexibility index (Phi) is 7.99. The summed E-state index contributed by atoms with van der Waals surface area (Å²) in [6.45, 7) is 5.96. The van der Waals surface area contributed by atoms with E-state index in [0.29, 0.717) is 29.7 Å². The molecule has 1 aromatic rings. The Bertz CT molecular complexity index is 641. The zero-order valence-corrected chi connectivity index (χ0v) is 16.6. The summed E-state index contributed by atoms with van der Waals surface area (Å²) in [7, 11) is -0.0222. The number of methoxy groups -OCH3 is 1. The molecule has 1 heterocycles. The molecule has 1 aliphatic rings. The van der Waals surface area contributed by atoms with Crippen molar-refractivity contribution in [2.45, 2.75) is 38.0 Å². The Balaban J connectivity index is 0.00000288. The Morgan fingerprint density at radius 3 is 2.42 bits per heavy atom. The van der Waals surface area contributed by atoms with Gasteiger partial charge < -0.3 is 10.1 Å². The topological polar surface area (TPSA) is 58.6 Å². The minimum absolute atomic E-state index is 0. The summed E-state index contributed by atoms with van der Waals surface area (Å²) in [5, 5.41) is 3.16. The van der Waals surface area contributed by atoms with Gasteiger partial charge in [-0.25, -0.2) is 8.42 Å². The fraction of sp³-hybridized carbons (Fsp3) is 0.647. The molecule has 1 aromatic carbocycles. The predicted octanol–water partition coefficient (Wildman–Crippen LogP) is 2.74. The molecular weight excluding hydrogens is 348 g/mol. The van der Waals surface area contributed by atoms with Gasteiger partial charge in [-0.05, 0) is 69.8 Å². The van der Waals surface area contributed by atoms with Gasteiger partial charge in [-0.15, -0.1) is 12.4 Å². The number of benzene rings is 1. The zero-order valence-electron chi connectivity index (χ0n) is 15.0. The van der Waals surface area contributed by atoms with Crippen LogP contribution in [-0.2, 0) is 10.0 Å². The Morgan fingerprint density at radius 2 is 1.88 bits per heavy atom. The molecule has 1 N–H and O–H groups in total. The standard InChI is InChI=1S/C17H28N2O3S.ClH/c1-13-11-14(2)17(22-4)16(12-13)23(20,21)19-9-6-15(7-10-19)5-8-18-3;/h11-12,15,18H,5-10H2,1-4H3;1H. The molecule has 0 atom stereocenters. The van der Waals surface area contributed by atoms with Crippen LogP contribution in [0.3, 0.4) is 0 Å². The highest BCUT2D eigenvalue weighted by molar-refractivity contribution is 7.89. The van der Waals surface area contributed by atoms with E-state index in [4.69, 9.17) is 4.74 Å². The minimum atomic E-state index is -3.50. The lowest BCUT2D eigenvalue weighted by Crippen LogP contribution is -2.39. The number of sulfonamides is 1. The van der Waals surface area contributed by atoms with Crippen molar-refractivity contribution in [3.05, 3.63) is 23.3 Å². The van der Waals surface area contributed by atoms with Gasteiger partial charge in [0, 0.05) is 13.1 Å². The number of piperidine rings is 1. The van der Waals surface area contributed by atoms with Crippen LogP contribution in [0.15, 0.2) is 17.0 Å². The molecule has 138 valence electrons. The quantitative estimate of drug-likeness (QED) is 0.829. The summed E-state index contributed by atoms with van der Waals surface area (Å²) in [5.41, 5.74) is 1.79. The number of hydrogen-bond acceptors (Lipinski definition) is 4. The Hall–Kier alpha value is -0.820. The van der Waals surface area contributed by atoms with Crippen molar-refractivity contribution in [1.82, 2.24) is 9.62 Å². The summed E-state index contributed by atoms with van der Waals surface area (Å²) in [6, 6.07) is 3.66. The molecule has 0 unspecified atom stereocenters. The van der Waals surface area contributed by atoms with Crippen molar-refractivity contribution in [3.8, 4) is 5.75 Å². The van der Waals surface area contributed by atoms with E-state index in [1.54, 1.807) is 10.4 Å². The van der Waals surface area contributed by atoms with Gasteiger partial charge in [0.1, 0.15) is 10.6 Å². The van der Waals surface area contributed by atoms with Crippen molar-refractivity contribution in [3.63, 3.8) is 0 Å². The summed E-state index contributed by atoms with van der Waals surface area (Å²) < 4.78 is 33.0. The SMILES string of the molecule is CNCCC1CCN(S(=O)(=O)c2cc(C)cc(C)c2OC)CC1.Cl. The molecule has 0 radical (unpaired) electrons. The molecule has 0 bridgehead atoms. The molecule has 2 rings (SSSR count). The van der Waals surface area contributed by atoms with E-state index >= 15 is 0 Å². The average molecular weight is 377 g/mol. The molecular formula is C17H29ClN2O3S. The fourth-order valence-electron chi connectivity index (χ4n) is 3.29. The summed E-state index contributed by atoms with van der Waals surface area (Å²) in [4.78, 5) is 0.297. The molecule has 7 heteroatoms. The van der Waals surface area contributed by atoms with Gasteiger partial charge >= 0.3 is 0 Å². The van der Waals surface area contributed by atoms with Crippen molar-refractivity contribution in [2.24, 2.45) is 5.92 Å². The zero-order chi connectivity index (χ0) is 17.0. The average Bonchev–Trinajstić information content (AvgIpc) is 2.52. The number of halogens is 1. The predicted molar refractivity (Wildman–Crippen MR) is 99.7 cm³/mol. The normalized spacial score (nSPS) is 16.7. The van der Waals surface area contributed by atoms with Crippen LogP contribution in [0, 0.1) is 19.8 Å². The van der Waals surface area contributed by atoms with Crippen LogP contribution in [0.2, 0.25) is 0 Å². The van der Waals surface area contributed by atoms with Crippen molar-refractivity contribution in [1.29, 1.82) is 0 Å². The fourth-order valence-corrected chi connectivity index (χ4v) is 5.08. The highest BCUT2D eigenvalue weighted by atomic mass is 35.5. The van der Waals surface area contributed by atoms with Crippen LogP contribution < -0.4 is 10.1 Å². The van der Waals surface area contributed by atoms with Crippen LogP contribution in [0.5, 0.6) is 5.75 Å². The van der Waals surface area contributed by atoms with Gasteiger partial charge in [0.15, 0.2) is 0 Å². The second-order valence-corrected chi connectivity index (χ2v) is 8.26. The third kappa shape index (κ3) is 4.63. The summed E-state index contributed by atoms with van der Waals surface area (Å²) in [6.07, 6.45) is 2.96. The smallest absolute Gasteiger partial charge is 0.246 e. The highest BCUT2D eigenvalue weighted by Crippen LogP contribution is 2.33. The Morgan fingerprint density at radius 1 is 1.25 bits per heavy atom. The number of rotatable bonds is 6. The van der Waals surface area contributed by atoms with Gasteiger partial charge in [-0.3, -0.25) is 0 Å². The van der Waals surface area contributed by atoms with Crippen LogP contribution >= 0.6 is 12.4 Å². The molecule has 0 saturated carbocycles. The number of aryl methyl sites for hydroxylation is 2. The number of ether oxygens (including phenoxy) is 1. The number of hydrogen-bond donors (Lipinski definition) is 1. The van der Waals surface area contributed by atoms with Crippen molar-refractivity contribution in [2.75, 3.05) is 33.8 Å². The van der Waals surface area contributed by atoms with Crippen LogP contribution in [0.4, 0.5) is 0 Å². The van der Waals surface area contributed by atoms with E-state index in [1.807, 2.05) is 27.0 Å². The first-order chi connectivity index (χ1) is 10.9. The van der Waals surface area contributed by atoms with Gasteiger partial charge in [0.25, 0.3) is 0 Å². The Labute approximate surface area is 152 Å². The minimum Gasteiger partial charge on any atom is -0.495 e. The maximum absolute atomic E-state index is 13.0. The first-order valence-electron chi connectivity index (χ1n) is 8.20. The molecule has 24 heavy (non-hydrogen) atoms. The first kappa shape index (κ1) is 21.2. The molecule has 5 nitrogen and oxygen atoms in total. The molecule has 1 saturated heterocycles. The van der Waals surface area contributed by atoms with Crippen LogP contribution in [0.25, 0.3) is 0 Å². The molecule has 0 spiro atoms. The maximum atomic E-state index is 13.0. The van der Waals surface area contributed by atoms with Gasteiger partial charge in [0.05, 0.1) is 7.11 Å². The molecule has 0 aliphatic carbocycles. The maximum Gasteiger partial charge on any atom is 0.246 e. The third-order valence-electron chi connectivity index (χ3n) is 4.58. The molecule has 0 aromatic heterocycles. The molecule has 0 amide bonds. The lowest BCUT2D eigenvalue weighted by atomic mass is 9.95. The largest absolute Gasteiger partial charge is 0.495 e. The van der Waals surface area contributed by atoms with E-state index in [9.17, 15) is 8.42 Å². The number of nitrogens with zero attached hydrogens (tertiary/aromatic N) is 1. The summed E-state index contributed by atoms with van der Waals surface area (Å²) >= 11 is 0. The molecule has 1 fully saturated rings. The van der Waals surface area contributed by atoms with Gasteiger partial charge in [-0.2, -0.15) is 4.31 Å². The van der Waals surface area contributed by atoms with E-state index in [-0.39, 0.29) is 12.4 Å². The monoisotopic (exact) mass is 376 g/mol. The number of nitrogens with one attached hydrogen (secondary N) is 1. The van der Waals surface area contributed by atoms with E-state index in [2.05, 4.69) is 5.32 Å². The highest BCUT2D eigenvalue weighted by Gasteiger charge is 2.32. The van der Waals surface area contributed by atoms with E-state index < -0.39 is 10.0 Å². The summed E-state index contributed by atoms with van der Waals surface area (Å²) in [5.74, 6) is 1.07. The van der Waals surface area contributed by atoms with Crippen molar-refractivity contribution < 1.29 is 13.2 Å². The second kappa shape index (κ2) is 9.04. The van der Waals surface area contributed by atoms with Gasteiger partial charge in [-0.1, -0.05) is 6.07 Å². The first-order valence-corrected chi connectivity index (χ1v) is 9.64. The molecule has 1 aliphatic heterocycles. The van der Waals surface area contributed by atoms with Gasteiger partial charge in [0.2, 0.25) is 10.0 Å². The van der Waals surface area contributed by atoms with Crippen molar-refractivity contribution >= 4 is 22.4 Å². The lowest BCUT2D eigenvalue weighted by Gasteiger charge is -2.31.